The van der Waals surface area contributed by atoms with Crippen molar-refractivity contribution in [2.24, 2.45) is 46.8 Å². The summed E-state index contributed by atoms with van der Waals surface area (Å²) in [5.41, 5.74) is 0.151. The third-order valence-corrected chi connectivity index (χ3v) is 7.12. The van der Waals surface area contributed by atoms with E-state index in [0.29, 0.717) is 41.4 Å². The van der Waals surface area contributed by atoms with Crippen molar-refractivity contribution in [1.82, 2.24) is 0 Å². The van der Waals surface area contributed by atoms with Crippen LogP contribution in [0.5, 0.6) is 0 Å². The van der Waals surface area contributed by atoms with Gasteiger partial charge in [0.25, 0.3) is 0 Å². The van der Waals surface area contributed by atoms with Crippen LogP contribution in [0.25, 0.3) is 0 Å². The molecule has 9 atom stereocenters. The van der Waals surface area contributed by atoms with Crippen LogP contribution < -0.4 is 0 Å². The zero-order valence-corrected chi connectivity index (χ0v) is 16.4. The van der Waals surface area contributed by atoms with Crippen molar-refractivity contribution in [2.75, 3.05) is 0 Å². The number of aliphatic hydroxyl groups is 2. The summed E-state index contributed by atoms with van der Waals surface area (Å²) in [6, 6.07) is 0. The zero-order valence-electron chi connectivity index (χ0n) is 16.4. The third-order valence-electron chi connectivity index (χ3n) is 7.12. The summed E-state index contributed by atoms with van der Waals surface area (Å²) in [5.74, 6) is 3.21. The van der Waals surface area contributed by atoms with E-state index >= 15 is 0 Å². The molecular weight excluding hydrogens is 284 g/mol. The van der Waals surface area contributed by atoms with Crippen LogP contribution in [-0.4, -0.2) is 22.4 Å². The van der Waals surface area contributed by atoms with Gasteiger partial charge in [0.2, 0.25) is 0 Å². The lowest BCUT2D eigenvalue weighted by Gasteiger charge is -2.49. The lowest BCUT2D eigenvalue weighted by atomic mass is 9.58. The van der Waals surface area contributed by atoms with E-state index in [1.54, 1.807) is 0 Å². The van der Waals surface area contributed by atoms with Crippen molar-refractivity contribution in [2.45, 2.75) is 86.4 Å². The minimum atomic E-state index is -0.221. The number of hydrogen-bond donors (Lipinski definition) is 2. The first kappa shape index (κ1) is 19.2. The zero-order chi connectivity index (χ0) is 17.5. The summed E-state index contributed by atoms with van der Waals surface area (Å²) in [6.07, 6.45) is 4.08. The Balaban J connectivity index is 2.18. The predicted octanol–water partition coefficient (Wildman–Crippen LogP) is 4.73. The van der Waals surface area contributed by atoms with Crippen LogP contribution in [0.4, 0.5) is 0 Å². The second-order valence-electron chi connectivity index (χ2n) is 10.3. The molecule has 0 aromatic heterocycles. The van der Waals surface area contributed by atoms with Gasteiger partial charge in [-0.15, -0.1) is 0 Å². The molecule has 0 amide bonds. The van der Waals surface area contributed by atoms with Gasteiger partial charge in [0.1, 0.15) is 0 Å². The molecule has 0 spiro atoms. The molecule has 2 aliphatic carbocycles. The largest absolute Gasteiger partial charge is 0.393 e. The minimum absolute atomic E-state index is 0.151. The number of rotatable bonds is 2. The predicted molar refractivity (Wildman–Crippen MR) is 97.1 cm³/mol. The van der Waals surface area contributed by atoms with Gasteiger partial charge in [-0.3, -0.25) is 0 Å². The molecular formula is C21H40O2. The maximum Gasteiger partial charge on any atom is 0.0604 e. The SMILES string of the molecule is CC1CC(C)C(O)C(C(C)C2CC(C)CC(C(C)(C)C)C2O)C1. The maximum absolute atomic E-state index is 11.1. The topological polar surface area (TPSA) is 40.5 Å². The first-order chi connectivity index (χ1) is 10.5. The van der Waals surface area contributed by atoms with E-state index in [1.807, 2.05) is 0 Å². The van der Waals surface area contributed by atoms with E-state index in [9.17, 15) is 10.2 Å². The van der Waals surface area contributed by atoms with Gasteiger partial charge in [-0.25, -0.2) is 0 Å². The Morgan fingerprint density at radius 3 is 1.78 bits per heavy atom. The molecule has 2 rings (SSSR count). The average Bonchev–Trinajstić information content (AvgIpc) is 2.43. The standard InChI is InChI=1S/C21H40O2/c1-12-8-14(3)19(22)16(9-12)15(4)17-10-13(2)11-18(20(17)23)21(5,6)7/h12-20,22-23H,8-11H2,1-7H3. The van der Waals surface area contributed by atoms with E-state index < -0.39 is 0 Å². The minimum Gasteiger partial charge on any atom is -0.393 e. The molecule has 2 N–H and O–H groups in total. The van der Waals surface area contributed by atoms with Crippen LogP contribution in [0.1, 0.15) is 74.1 Å². The summed E-state index contributed by atoms with van der Waals surface area (Å²) in [7, 11) is 0. The molecule has 0 saturated heterocycles. The van der Waals surface area contributed by atoms with Crippen LogP contribution in [0.2, 0.25) is 0 Å². The molecule has 0 aliphatic heterocycles. The van der Waals surface area contributed by atoms with Crippen LogP contribution in [0, 0.1) is 46.8 Å². The van der Waals surface area contributed by atoms with Crippen molar-refractivity contribution in [3.05, 3.63) is 0 Å². The smallest absolute Gasteiger partial charge is 0.0604 e. The number of aliphatic hydroxyl groups excluding tert-OH is 2. The fourth-order valence-corrected chi connectivity index (χ4v) is 5.70. The van der Waals surface area contributed by atoms with Crippen LogP contribution >= 0.6 is 0 Å². The Morgan fingerprint density at radius 2 is 1.26 bits per heavy atom. The molecule has 0 aromatic rings. The molecule has 2 fully saturated rings. The molecule has 9 unspecified atom stereocenters. The second-order valence-corrected chi connectivity index (χ2v) is 10.3. The van der Waals surface area contributed by atoms with E-state index in [1.165, 1.54) is 0 Å². The second kappa shape index (κ2) is 7.04. The Hall–Kier alpha value is -0.0800. The van der Waals surface area contributed by atoms with Gasteiger partial charge < -0.3 is 10.2 Å². The quantitative estimate of drug-likeness (QED) is 0.770. The molecule has 23 heavy (non-hydrogen) atoms. The highest BCUT2D eigenvalue weighted by molar-refractivity contribution is 4.96. The Bertz CT molecular complexity index is 386. The highest BCUT2D eigenvalue weighted by Gasteiger charge is 2.46. The summed E-state index contributed by atoms with van der Waals surface area (Å²) in [6.45, 7) is 15.9. The Morgan fingerprint density at radius 1 is 0.783 bits per heavy atom. The lowest BCUT2D eigenvalue weighted by Crippen LogP contribution is -2.49. The first-order valence-corrected chi connectivity index (χ1v) is 9.88. The summed E-state index contributed by atoms with van der Waals surface area (Å²) in [4.78, 5) is 0. The van der Waals surface area contributed by atoms with Gasteiger partial charge >= 0.3 is 0 Å². The van der Waals surface area contributed by atoms with Crippen molar-refractivity contribution in [3.63, 3.8) is 0 Å². The molecule has 2 heteroatoms. The molecule has 136 valence electrons. The molecule has 2 nitrogen and oxygen atoms in total. The monoisotopic (exact) mass is 324 g/mol. The van der Waals surface area contributed by atoms with E-state index in [4.69, 9.17) is 0 Å². The van der Waals surface area contributed by atoms with Crippen molar-refractivity contribution in [1.29, 1.82) is 0 Å². The lowest BCUT2D eigenvalue weighted by molar-refractivity contribution is -0.0971. The molecule has 2 saturated carbocycles. The highest BCUT2D eigenvalue weighted by atomic mass is 16.3. The fraction of sp³-hybridized carbons (Fsp3) is 1.00. The van der Waals surface area contributed by atoms with Crippen molar-refractivity contribution in [3.8, 4) is 0 Å². The van der Waals surface area contributed by atoms with Crippen LogP contribution in [0.15, 0.2) is 0 Å². The molecule has 0 aromatic carbocycles. The van der Waals surface area contributed by atoms with E-state index in [0.717, 1.165) is 25.7 Å². The van der Waals surface area contributed by atoms with E-state index in [2.05, 4.69) is 48.5 Å². The van der Waals surface area contributed by atoms with Crippen molar-refractivity contribution >= 4 is 0 Å². The third kappa shape index (κ3) is 4.12. The first-order valence-electron chi connectivity index (χ1n) is 9.88. The van der Waals surface area contributed by atoms with E-state index in [-0.39, 0.29) is 17.6 Å². The van der Waals surface area contributed by atoms with Gasteiger partial charge in [-0.05, 0) is 72.5 Å². The van der Waals surface area contributed by atoms with Gasteiger partial charge in [0.15, 0.2) is 0 Å². The summed E-state index contributed by atoms with van der Waals surface area (Å²) in [5, 5.41) is 21.9. The van der Waals surface area contributed by atoms with Crippen LogP contribution in [0.3, 0.4) is 0 Å². The maximum atomic E-state index is 11.1. The van der Waals surface area contributed by atoms with Gasteiger partial charge in [-0.2, -0.15) is 0 Å². The molecule has 0 heterocycles. The normalized spacial score (nSPS) is 47.3. The Kier molecular flexibility index (Phi) is 5.89. The Labute approximate surface area is 144 Å². The molecule has 0 radical (unpaired) electrons. The van der Waals surface area contributed by atoms with Crippen molar-refractivity contribution < 1.29 is 10.2 Å². The highest BCUT2D eigenvalue weighted by Crippen LogP contribution is 2.49. The average molecular weight is 325 g/mol. The summed E-state index contributed by atoms with van der Waals surface area (Å²) >= 11 is 0. The van der Waals surface area contributed by atoms with Gasteiger partial charge in [0.05, 0.1) is 12.2 Å². The van der Waals surface area contributed by atoms with Crippen LogP contribution in [-0.2, 0) is 0 Å². The molecule has 2 aliphatic rings. The van der Waals surface area contributed by atoms with Gasteiger partial charge in [0, 0.05) is 0 Å². The van der Waals surface area contributed by atoms with Gasteiger partial charge in [-0.1, -0.05) is 48.5 Å². The number of hydrogen-bond acceptors (Lipinski definition) is 2. The summed E-state index contributed by atoms with van der Waals surface area (Å²) < 4.78 is 0. The fourth-order valence-electron chi connectivity index (χ4n) is 5.70. The molecule has 0 bridgehead atoms.